The van der Waals surface area contributed by atoms with Crippen LogP contribution in [0, 0.1) is 11.3 Å². The predicted molar refractivity (Wildman–Crippen MR) is 103 cm³/mol. The molecule has 0 aliphatic carbocycles. The van der Waals surface area contributed by atoms with E-state index in [1.165, 1.54) is 6.20 Å². The topological polar surface area (TPSA) is 77.8 Å². The van der Waals surface area contributed by atoms with E-state index in [-0.39, 0.29) is 5.57 Å². The lowest BCUT2D eigenvalue weighted by molar-refractivity contribution is -0.112. The van der Waals surface area contributed by atoms with Crippen LogP contribution in [0.25, 0.3) is 0 Å². The van der Waals surface area contributed by atoms with Gasteiger partial charge in [-0.2, -0.15) is 5.26 Å². The number of carbonyl (C=O) groups is 1. The van der Waals surface area contributed by atoms with Crippen molar-refractivity contribution in [3.63, 3.8) is 0 Å². The van der Waals surface area contributed by atoms with Crippen molar-refractivity contribution in [3.8, 4) is 6.07 Å². The van der Waals surface area contributed by atoms with E-state index >= 15 is 0 Å². The van der Waals surface area contributed by atoms with Gasteiger partial charge in [-0.15, -0.1) is 0 Å². The van der Waals surface area contributed by atoms with E-state index in [1.807, 2.05) is 38.1 Å². The van der Waals surface area contributed by atoms with Gasteiger partial charge in [0, 0.05) is 22.6 Å². The Morgan fingerprint density at radius 2 is 1.96 bits per heavy atom. The second kappa shape index (κ2) is 9.00. The van der Waals surface area contributed by atoms with Crippen molar-refractivity contribution in [1.82, 2.24) is 4.98 Å². The molecule has 1 amide bonds. The largest absolute Gasteiger partial charge is 0.345 e. The Morgan fingerprint density at radius 3 is 2.52 bits per heavy atom. The van der Waals surface area contributed by atoms with Crippen molar-refractivity contribution in [1.29, 1.82) is 5.26 Å². The molecule has 0 unspecified atom stereocenters. The summed E-state index contributed by atoms with van der Waals surface area (Å²) in [5.41, 5.74) is 2.87. The highest BCUT2D eigenvalue weighted by Crippen LogP contribution is 2.23. The van der Waals surface area contributed by atoms with Crippen LogP contribution in [0.1, 0.15) is 25.0 Å². The van der Waals surface area contributed by atoms with Gasteiger partial charge in [-0.1, -0.05) is 48.0 Å². The van der Waals surface area contributed by atoms with Gasteiger partial charge in [0.2, 0.25) is 0 Å². The number of hydrogen-bond donors (Lipinski definition) is 2. The van der Waals surface area contributed by atoms with Crippen molar-refractivity contribution in [3.05, 3.63) is 63.9 Å². The zero-order valence-corrected chi connectivity index (χ0v) is 15.7. The highest BCUT2D eigenvalue weighted by atomic mass is 79.9. The minimum absolute atomic E-state index is 0.0188. The number of hydrogen-bond acceptors (Lipinski definition) is 4. The standard InChI is InChI=1S/C19H19BrN4O/c1-3-13-6-5-7-14(4-2)18(13)24-19(25)15(11-21)12-23-17-10-16(20)8-9-22-17/h5-10,12H,3-4H2,1-2H3,(H,22,23)(H,24,25)/b15-12-. The molecule has 2 N–H and O–H groups in total. The summed E-state index contributed by atoms with van der Waals surface area (Å²) in [5.74, 6) is 0.0960. The molecule has 1 aromatic heterocycles. The number of pyridine rings is 1. The Hall–Kier alpha value is -2.65. The van der Waals surface area contributed by atoms with Crippen LogP contribution in [0.2, 0.25) is 0 Å². The molecule has 128 valence electrons. The van der Waals surface area contributed by atoms with Gasteiger partial charge in [-0.25, -0.2) is 4.98 Å². The van der Waals surface area contributed by atoms with E-state index in [4.69, 9.17) is 0 Å². The number of nitrogens with one attached hydrogen (secondary N) is 2. The van der Waals surface area contributed by atoms with E-state index in [9.17, 15) is 10.1 Å². The van der Waals surface area contributed by atoms with Gasteiger partial charge in [0.25, 0.3) is 5.91 Å². The number of para-hydroxylation sites is 1. The van der Waals surface area contributed by atoms with Gasteiger partial charge in [-0.05, 0) is 36.1 Å². The van der Waals surface area contributed by atoms with Crippen LogP contribution in [-0.2, 0) is 17.6 Å². The van der Waals surface area contributed by atoms with Gasteiger partial charge < -0.3 is 10.6 Å². The van der Waals surface area contributed by atoms with Crippen LogP contribution in [-0.4, -0.2) is 10.9 Å². The molecule has 0 fully saturated rings. The first kappa shape index (κ1) is 18.7. The first-order valence-corrected chi connectivity index (χ1v) is 8.78. The van der Waals surface area contributed by atoms with E-state index in [1.54, 1.807) is 18.3 Å². The highest BCUT2D eigenvalue weighted by molar-refractivity contribution is 9.10. The molecule has 0 aliphatic heterocycles. The van der Waals surface area contributed by atoms with Crippen LogP contribution in [0.3, 0.4) is 0 Å². The first-order chi connectivity index (χ1) is 12.1. The molecule has 0 radical (unpaired) electrons. The fourth-order valence-corrected chi connectivity index (χ4v) is 2.70. The number of nitrogens with zero attached hydrogens (tertiary/aromatic N) is 2. The SMILES string of the molecule is CCc1cccc(CC)c1NC(=O)/C(C#N)=C\Nc1cc(Br)ccn1. The Labute approximate surface area is 155 Å². The van der Waals surface area contributed by atoms with Crippen molar-refractivity contribution in [2.24, 2.45) is 0 Å². The normalized spacial score (nSPS) is 10.9. The van der Waals surface area contributed by atoms with Gasteiger partial charge in [0.1, 0.15) is 17.5 Å². The summed E-state index contributed by atoms with van der Waals surface area (Å²) < 4.78 is 0.853. The lowest BCUT2D eigenvalue weighted by Crippen LogP contribution is -2.17. The van der Waals surface area contributed by atoms with Gasteiger partial charge >= 0.3 is 0 Å². The summed E-state index contributed by atoms with van der Waals surface area (Å²) in [5, 5.41) is 15.1. The minimum Gasteiger partial charge on any atom is -0.345 e. The van der Waals surface area contributed by atoms with Crippen LogP contribution in [0.4, 0.5) is 11.5 Å². The highest BCUT2D eigenvalue weighted by Gasteiger charge is 2.14. The monoisotopic (exact) mass is 398 g/mol. The molecule has 0 atom stereocenters. The van der Waals surface area contributed by atoms with Crippen LogP contribution >= 0.6 is 15.9 Å². The number of anilines is 2. The van der Waals surface area contributed by atoms with Crippen LogP contribution in [0.15, 0.2) is 52.8 Å². The summed E-state index contributed by atoms with van der Waals surface area (Å²) in [6, 6.07) is 11.4. The quantitative estimate of drug-likeness (QED) is 0.557. The number of carbonyl (C=O) groups excluding carboxylic acids is 1. The number of aromatic nitrogens is 1. The fraction of sp³-hybridized carbons (Fsp3) is 0.211. The first-order valence-electron chi connectivity index (χ1n) is 7.99. The summed E-state index contributed by atoms with van der Waals surface area (Å²) in [7, 11) is 0. The average molecular weight is 399 g/mol. The Morgan fingerprint density at radius 1 is 1.28 bits per heavy atom. The predicted octanol–water partition coefficient (Wildman–Crippen LogP) is 4.43. The second-order valence-corrected chi connectivity index (χ2v) is 6.20. The maximum absolute atomic E-state index is 12.5. The molecule has 0 spiro atoms. The van der Waals surface area contributed by atoms with Crippen molar-refractivity contribution >= 4 is 33.3 Å². The van der Waals surface area contributed by atoms with Crippen molar-refractivity contribution in [2.45, 2.75) is 26.7 Å². The Balaban J connectivity index is 2.21. The number of rotatable bonds is 6. The minimum atomic E-state index is -0.444. The molecule has 2 rings (SSSR count). The van der Waals surface area contributed by atoms with E-state index in [2.05, 4.69) is 31.5 Å². The molecule has 2 aromatic rings. The molecule has 25 heavy (non-hydrogen) atoms. The molecular weight excluding hydrogens is 380 g/mol. The smallest absolute Gasteiger partial charge is 0.267 e. The number of halogens is 1. The third-order valence-corrected chi connectivity index (χ3v) is 4.18. The van der Waals surface area contributed by atoms with Gasteiger partial charge in [0.05, 0.1) is 0 Å². The van der Waals surface area contributed by atoms with E-state index < -0.39 is 5.91 Å². The molecule has 0 saturated carbocycles. The summed E-state index contributed by atoms with van der Waals surface area (Å²) in [6.45, 7) is 4.07. The molecule has 0 saturated heterocycles. The molecule has 0 aliphatic rings. The van der Waals surface area contributed by atoms with Crippen molar-refractivity contribution < 1.29 is 4.79 Å². The van der Waals surface area contributed by atoms with Gasteiger partial charge in [0.15, 0.2) is 0 Å². The van der Waals surface area contributed by atoms with Crippen LogP contribution < -0.4 is 10.6 Å². The molecule has 6 heteroatoms. The zero-order valence-electron chi connectivity index (χ0n) is 14.1. The lowest BCUT2D eigenvalue weighted by atomic mass is 10.0. The maximum Gasteiger partial charge on any atom is 0.267 e. The third kappa shape index (κ3) is 4.91. The number of aryl methyl sites for hydroxylation is 2. The molecule has 1 heterocycles. The fourth-order valence-electron chi connectivity index (χ4n) is 2.36. The molecule has 5 nitrogen and oxygen atoms in total. The average Bonchev–Trinajstić information content (AvgIpc) is 2.62. The maximum atomic E-state index is 12.5. The van der Waals surface area contributed by atoms with Crippen molar-refractivity contribution in [2.75, 3.05) is 10.6 Å². The van der Waals surface area contributed by atoms with E-state index in [0.29, 0.717) is 5.82 Å². The summed E-state index contributed by atoms with van der Waals surface area (Å²) >= 11 is 3.35. The third-order valence-electron chi connectivity index (χ3n) is 3.69. The number of nitriles is 1. The molecule has 0 bridgehead atoms. The number of amides is 1. The Bertz CT molecular complexity index is 817. The zero-order chi connectivity index (χ0) is 18.2. The van der Waals surface area contributed by atoms with E-state index in [0.717, 1.165) is 34.1 Å². The summed E-state index contributed by atoms with van der Waals surface area (Å²) in [4.78, 5) is 16.6. The summed E-state index contributed by atoms with van der Waals surface area (Å²) in [6.07, 6.45) is 4.59. The molecular formula is C19H19BrN4O. The Kier molecular flexibility index (Phi) is 6.72. The number of benzene rings is 1. The van der Waals surface area contributed by atoms with Crippen LogP contribution in [0.5, 0.6) is 0 Å². The van der Waals surface area contributed by atoms with Gasteiger partial charge in [-0.3, -0.25) is 4.79 Å². The molecule has 1 aromatic carbocycles. The lowest BCUT2D eigenvalue weighted by Gasteiger charge is -2.14. The second-order valence-electron chi connectivity index (χ2n) is 5.29.